The summed E-state index contributed by atoms with van der Waals surface area (Å²) in [5, 5.41) is 7.11. The number of hydrogen-bond donors (Lipinski definition) is 2. The summed E-state index contributed by atoms with van der Waals surface area (Å²) in [4.78, 5) is 14.4. The van der Waals surface area contributed by atoms with Gasteiger partial charge in [0.1, 0.15) is 5.69 Å². The van der Waals surface area contributed by atoms with Crippen LogP contribution in [0.2, 0.25) is 0 Å². The highest BCUT2D eigenvalue weighted by Crippen LogP contribution is 2.20. The van der Waals surface area contributed by atoms with Crippen molar-refractivity contribution < 1.29 is 4.79 Å². The summed E-state index contributed by atoms with van der Waals surface area (Å²) < 4.78 is 1.62. The van der Waals surface area contributed by atoms with E-state index in [9.17, 15) is 4.79 Å². The van der Waals surface area contributed by atoms with Gasteiger partial charge < -0.3 is 16.0 Å². The zero-order valence-corrected chi connectivity index (χ0v) is 12.8. The predicted octanol–water partition coefficient (Wildman–Crippen LogP) is 2.11. The number of benzene rings is 1. The van der Waals surface area contributed by atoms with Gasteiger partial charge in [-0.3, -0.25) is 9.48 Å². The van der Waals surface area contributed by atoms with Crippen molar-refractivity contribution in [3.63, 3.8) is 0 Å². The summed E-state index contributed by atoms with van der Waals surface area (Å²) in [6, 6.07) is 7.62. The second-order valence-electron chi connectivity index (χ2n) is 5.06. The number of hydrogen-bond acceptors (Lipinski definition) is 4. The molecule has 21 heavy (non-hydrogen) atoms. The number of carbonyl (C=O) groups excluding carboxylic acids is 1. The van der Waals surface area contributed by atoms with Gasteiger partial charge in [-0.25, -0.2) is 0 Å². The maximum atomic E-state index is 12.4. The number of rotatable bonds is 4. The Labute approximate surface area is 124 Å². The lowest BCUT2D eigenvalue weighted by molar-refractivity contribution is 0.101. The SMILES string of the molecule is CCn1nc(C)c(N)c1C(=O)Nc1ccc(N(C)C)cc1. The average Bonchev–Trinajstić information content (AvgIpc) is 2.74. The van der Waals surface area contributed by atoms with Crippen LogP contribution in [0.1, 0.15) is 23.1 Å². The van der Waals surface area contributed by atoms with Gasteiger partial charge in [0.2, 0.25) is 0 Å². The molecule has 0 aliphatic heterocycles. The summed E-state index contributed by atoms with van der Waals surface area (Å²) >= 11 is 0. The largest absolute Gasteiger partial charge is 0.395 e. The van der Waals surface area contributed by atoms with Crippen molar-refractivity contribution in [2.24, 2.45) is 0 Å². The Morgan fingerprint density at radius 3 is 2.48 bits per heavy atom. The van der Waals surface area contributed by atoms with E-state index >= 15 is 0 Å². The zero-order valence-electron chi connectivity index (χ0n) is 12.8. The van der Waals surface area contributed by atoms with E-state index in [1.54, 1.807) is 11.6 Å². The number of anilines is 3. The van der Waals surface area contributed by atoms with Crippen molar-refractivity contribution in [1.82, 2.24) is 9.78 Å². The van der Waals surface area contributed by atoms with Crippen LogP contribution in [-0.4, -0.2) is 29.8 Å². The van der Waals surface area contributed by atoms with Gasteiger partial charge in [0.15, 0.2) is 0 Å². The highest BCUT2D eigenvalue weighted by atomic mass is 16.2. The number of nitrogens with one attached hydrogen (secondary N) is 1. The van der Waals surface area contributed by atoms with Crippen LogP contribution < -0.4 is 16.0 Å². The lowest BCUT2D eigenvalue weighted by atomic mass is 10.2. The van der Waals surface area contributed by atoms with Crippen molar-refractivity contribution >= 4 is 23.0 Å². The molecule has 0 unspecified atom stereocenters. The van der Waals surface area contributed by atoms with E-state index in [1.165, 1.54) is 0 Å². The maximum absolute atomic E-state index is 12.4. The fourth-order valence-electron chi connectivity index (χ4n) is 2.10. The molecular weight excluding hydrogens is 266 g/mol. The Morgan fingerprint density at radius 2 is 1.95 bits per heavy atom. The number of nitrogens with zero attached hydrogens (tertiary/aromatic N) is 3. The van der Waals surface area contributed by atoms with Gasteiger partial charge in [-0.15, -0.1) is 0 Å². The number of nitrogens with two attached hydrogens (primary N) is 1. The Bertz CT molecular complexity index is 643. The van der Waals surface area contributed by atoms with Gasteiger partial charge in [0, 0.05) is 32.0 Å². The molecule has 2 aromatic rings. The zero-order chi connectivity index (χ0) is 15.6. The molecule has 1 aromatic heterocycles. The molecule has 1 aromatic carbocycles. The molecule has 0 saturated carbocycles. The molecular formula is C15H21N5O. The van der Waals surface area contributed by atoms with Crippen LogP contribution in [-0.2, 0) is 6.54 Å². The molecule has 1 heterocycles. The fourth-order valence-corrected chi connectivity index (χ4v) is 2.10. The van der Waals surface area contributed by atoms with Gasteiger partial charge >= 0.3 is 0 Å². The first-order valence-electron chi connectivity index (χ1n) is 6.85. The first kappa shape index (κ1) is 14.9. The topological polar surface area (TPSA) is 76.2 Å². The molecule has 1 amide bonds. The smallest absolute Gasteiger partial charge is 0.276 e. The highest BCUT2D eigenvalue weighted by molar-refractivity contribution is 6.06. The van der Waals surface area contributed by atoms with E-state index in [4.69, 9.17) is 5.73 Å². The van der Waals surface area contributed by atoms with Gasteiger partial charge in [-0.2, -0.15) is 5.10 Å². The third-order valence-corrected chi connectivity index (χ3v) is 3.33. The molecule has 6 heteroatoms. The van der Waals surface area contributed by atoms with Crippen LogP contribution in [0.3, 0.4) is 0 Å². The van der Waals surface area contributed by atoms with E-state index < -0.39 is 0 Å². The van der Waals surface area contributed by atoms with E-state index in [-0.39, 0.29) is 5.91 Å². The van der Waals surface area contributed by atoms with Crippen LogP contribution in [0, 0.1) is 6.92 Å². The monoisotopic (exact) mass is 287 g/mol. The van der Waals surface area contributed by atoms with E-state index in [0.717, 1.165) is 11.4 Å². The van der Waals surface area contributed by atoms with Crippen LogP contribution >= 0.6 is 0 Å². The first-order valence-corrected chi connectivity index (χ1v) is 6.85. The molecule has 2 rings (SSSR count). The summed E-state index contributed by atoms with van der Waals surface area (Å²) in [6.07, 6.45) is 0. The van der Waals surface area contributed by atoms with Crippen LogP contribution in [0.15, 0.2) is 24.3 Å². The van der Waals surface area contributed by atoms with Gasteiger partial charge in [-0.1, -0.05) is 0 Å². The number of aryl methyl sites for hydroxylation is 2. The second-order valence-corrected chi connectivity index (χ2v) is 5.06. The lowest BCUT2D eigenvalue weighted by Crippen LogP contribution is -2.19. The molecule has 0 spiro atoms. The number of nitrogen functional groups attached to an aromatic ring is 1. The standard InChI is InChI=1S/C15H21N5O/c1-5-20-14(13(16)10(2)18-20)15(21)17-11-6-8-12(9-7-11)19(3)4/h6-9H,5,16H2,1-4H3,(H,17,21). The molecule has 0 bridgehead atoms. The van der Waals surface area contributed by atoms with Crippen molar-refractivity contribution in [2.75, 3.05) is 30.0 Å². The summed E-state index contributed by atoms with van der Waals surface area (Å²) in [5.41, 5.74) is 9.26. The van der Waals surface area contributed by atoms with Crippen molar-refractivity contribution in [2.45, 2.75) is 20.4 Å². The van der Waals surface area contributed by atoms with Crippen LogP contribution in [0.5, 0.6) is 0 Å². The normalized spacial score (nSPS) is 10.5. The minimum atomic E-state index is -0.243. The predicted molar refractivity (Wildman–Crippen MR) is 85.8 cm³/mol. The Balaban J connectivity index is 2.22. The summed E-state index contributed by atoms with van der Waals surface area (Å²) in [6.45, 7) is 4.32. The van der Waals surface area contributed by atoms with Gasteiger partial charge in [0.25, 0.3) is 5.91 Å². The molecule has 0 fully saturated rings. The molecule has 0 atom stereocenters. The lowest BCUT2D eigenvalue weighted by Gasteiger charge is -2.13. The summed E-state index contributed by atoms with van der Waals surface area (Å²) in [7, 11) is 3.94. The van der Waals surface area contributed by atoms with Crippen molar-refractivity contribution in [1.29, 1.82) is 0 Å². The third-order valence-electron chi connectivity index (χ3n) is 3.33. The minimum Gasteiger partial charge on any atom is -0.395 e. The first-order chi connectivity index (χ1) is 9.93. The minimum absolute atomic E-state index is 0.243. The fraction of sp³-hybridized carbons (Fsp3) is 0.333. The van der Waals surface area contributed by atoms with Crippen molar-refractivity contribution in [3.8, 4) is 0 Å². The second kappa shape index (κ2) is 5.87. The Morgan fingerprint density at radius 1 is 1.33 bits per heavy atom. The maximum Gasteiger partial charge on any atom is 0.276 e. The Hall–Kier alpha value is -2.50. The van der Waals surface area contributed by atoms with Gasteiger partial charge in [0.05, 0.1) is 11.4 Å². The number of aromatic nitrogens is 2. The molecule has 6 nitrogen and oxygen atoms in total. The quantitative estimate of drug-likeness (QED) is 0.903. The number of amides is 1. The molecule has 0 aliphatic rings. The van der Waals surface area contributed by atoms with E-state index in [0.29, 0.717) is 23.6 Å². The van der Waals surface area contributed by atoms with E-state index in [2.05, 4.69) is 10.4 Å². The molecule has 3 N–H and O–H groups in total. The van der Waals surface area contributed by atoms with E-state index in [1.807, 2.05) is 50.2 Å². The average molecular weight is 287 g/mol. The van der Waals surface area contributed by atoms with Crippen molar-refractivity contribution in [3.05, 3.63) is 35.7 Å². The molecule has 112 valence electrons. The highest BCUT2D eigenvalue weighted by Gasteiger charge is 2.19. The summed E-state index contributed by atoms with van der Waals surface area (Å²) in [5.74, 6) is -0.243. The van der Waals surface area contributed by atoms with Gasteiger partial charge in [-0.05, 0) is 38.1 Å². The third kappa shape index (κ3) is 2.99. The van der Waals surface area contributed by atoms with Crippen LogP contribution in [0.25, 0.3) is 0 Å². The number of carbonyl (C=O) groups is 1. The molecule has 0 saturated heterocycles. The molecule has 0 radical (unpaired) electrons. The Kier molecular flexibility index (Phi) is 4.16. The van der Waals surface area contributed by atoms with Crippen LogP contribution in [0.4, 0.5) is 17.1 Å². The molecule has 0 aliphatic carbocycles.